The summed E-state index contributed by atoms with van der Waals surface area (Å²) in [5.41, 5.74) is 0. The van der Waals surface area contributed by atoms with E-state index in [2.05, 4.69) is 11.6 Å². The van der Waals surface area contributed by atoms with Gasteiger partial charge >= 0.3 is 12.0 Å². The molecule has 2 heterocycles. The van der Waals surface area contributed by atoms with Gasteiger partial charge in [0.05, 0.1) is 5.92 Å². The van der Waals surface area contributed by atoms with Crippen LogP contribution in [0.25, 0.3) is 0 Å². The molecule has 0 saturated carbocycles. The molecule has 0 radical (unpaired) electrons. The molecular formula is C13H22N2O3S. The lowest BCUT2D eigenvalue weighted by molar-refractivity contribution is -0.142. The molecular weight excluding hydrogens is 264 g/mol. The Morgan fingerprint density at radius 1 is 1.37 bits per heavy atom. The van der Waals surface area contributed by atoms with Crippen LogP contribution >= 0.6 is 11.8 Å². The number of hydrogen-bond donors (Lipinski definition) is 2. The lowest BCUT2D eigenvalue weighted by Crippen LogP contribution is -2.44. The number of carboxylic acid groups (broad SMARTS) is 1. The first-order valence-corrected chi connectivity index (χ1v) is 8.32. The number of carboxylic acids is 1. The summed E-state index contributed by atoms with van der Waals surface area (Å²) in [5, 5.41) is 12.1. The van der Waals surface area contributed by atoms with E-state index >= 15 is 0 Å². The Hall–Kier alpha value is -0.910. The molecule has 2 aliphatic rings. The number of amides is 2. The van der Waals surface area contributed by atoms with Crippen molar-refractivity contribution >= 4 is 23.8 Å². The number of urea groups is 1. The van der Waals surface area contributed by atoms with Crippen LogP contribution in [0.3, 0.4) is 0 Å². The lowest BCUT2D eigenvalue weighted by atomic mass is 9.89. The number of nitrogens with zero attached hydrogens (tertiary/aromatic N) is 1. The van der Waals surface area contributed by atoms with Crippen LogP contribution < -0.4 is 5.32 Å². The Kier molecular flexibility index (Phi) is 4.96. The van der Waals surface area contributed by atoms with Gasteiger partial charge in [-0.2, -0.15) is 11.8 Å². The van der Waals surface area contributed by atoms with Crippen molar-refractivity contribution in [2.75, 3.05) is 18.6 Å². The van der Waals surface area contributed by atoms with Crippen molar-refractivity contribution in [3.05, 3.63) is 0 Å². The Morgan fingerprint density at radius 2 is 2.16 bits per heavy atom. The van der Waals surface area contributed by atoms with Gasteiger partial charge < -0.3 is 15.3 Å². The number of carbonyl (C=O) groups is 2. The number of carbonyl (C=O) groups excluding carboxylic acids is 1. The van der Waals surface area contributed by atoms with Crippen LogP contribution in [-0.4, -0.2) is 52.6 Å². The van der Waals surface area contributed by atoms with Gasteiger partial charge in [-0.3, -0.25) is 4.79 Å². The van der Waals surface area contributed by atoms with Crippen molar-refractivity contribution in [1.82, 2.24) is 10.2 Å². The maximum absolute atomic E-state index is 12.1. The highest BCUT2D eigenvalue weighted by molar-refractivity contribution is 7.98. The van der Waals surface area contributed by atoms with Crippen molar-refractivity contribution in [2.24, 2.45) is 5.92 Å². The van der Waals surface area contributed by atoms with Crippen LogP contribution in [0.5, 0.6) is 0 Å². The van der Waals surface area contributed by atoms with E-state index in [0.717, 1.165) is 31.4 Å². The van der Waals surface area contributed by atoms with Crippen molar-refractivity contribution < 1.29 is 14.7 Å². The predicted molar refractivity (Wildman–Crippen MR) is 75.4 cm³/mol. The monoisotopic (exact) mass is 286 g/mol. The van der Waals surface area contributed by atoms with Gasteiger partial charge in [0.15, 0.2) is 0 Å². The molecule has 6 heteroatoms. The summed E-state index contributed by atoms with van der Waals surface area (Å²) in [6.07, 6.45) is 6.58. The Labute approximate surface area is 118 Å². The molecule has 0 spiro atoms. The average Bonchev–Trinajstić information content (AvgIpc) is 2.95. The topological polar surface area (TPSA) is 69.6 Å². The number of rotatable bonds is 6. The number of aliphatic carboxylic acids is 1. The molecule has 2 amide bonds. The van der Waals surface area contributed by atoms with Crippen LogP contribution in [0.4, 0.5) is 4.79 Å². The van der Waals surface area contributed by atoms with Gasteiger partial charge in [0.25, 0.3) is 0 Å². The van der Waals surface area contributed by atoms with E-state index in [0.29, 0.717) is 13.0 Å². The van der Waals surface area contributed by atoms with Crippen LogP contribution in [0.2, 0.25) is 0 Å². The molecule has 0 aliphatic carbocycles. The zero-order chi connectivity index (χ0) is 13.8. The number of thioether (sulfide) groups is 1. The largest absolute Gasteiger partial charge is 0.481 e. The minimum Gasteiger partial charge on any atom is -0.481 e. The molecule has 2 rings (SSSR count). The lowest BCUT2D eigenvalue weighted by Gasteiger charge is -2.23. The standard InChI is InChI=1S/C13H22N2O3S/c1-19-7-3-2-6-14-13(18)15-9-4-5-11(15)10(8-9)12(16)17/h9-11H,2-8H2,1H3,(H,14,18)(H,16,17). The van der Waals surface area contributed by atoms with Crippen molar-refractivity contribution in [3.8, 4) is 0 Å². The van der Waals surface area contributed by atoms with E-state index in [4.69, 9.17) is 5.11 Å². The molecule has 0 aromatic carbocycles. The third kappa shape index (κ3) is 3.16. The van der Waals surface area contributed by atoms with Gasteiger partial charge in [0, 0.05) is 18.6 Å². The molecule has 0 aromatic heterocycles. The first-order valence-electron chi connectivity index (χ1n) is 6.93. The molecule has 3 atom stereocenters. The van der Waals surface area contributed by atoms with Crippen molar-refractivity contribution in [1.29, 1.82) is 0 Å². The van der Waals surface area contributed by atoms with Crippen LogP contribution in [0.15, 0.2) is 0 Å². The quantitative estimate of drug-likeness (QED) is 0.730. The molecule has 2 saturated heterocycles. The van der Waals surface area contributed by atoms with Crippen LogP contribution in [0.1, 0.15) is 32.1 Å². The number of fused-ring (bicyclic) bond motifs is 2. The van der Waals surface area contributed by atoms with Crippen LogP contribution in [0, 0.1) is 5.92 Å². The molecule has 2 N–H and O–H groups in total. The normalized spacial score (nSPS) is 28.7. The highest BCUT2D eigenvalue weighted by Gasteiger charge is 2.51. The van der Waals surface area contributed by atoms with E-state index in [9.17, 15) is 9.59 Å². The Balaban J connectivity index is 1.79. The van der Waals surface area contributed by atoms with E-state index in [1.807, 2.05) is 11.8 Å². The van der Waals surface area contributed by atoms with E-state index < -0.39 is 5.97 Å². The van der Waals surface area contributed by atoms with Crippen molar-refractivity contribution in [2.45, 2.75) is 44.2 Å². The molecule has 19 heavy (non-hydrogen) atoms. The fourth-order valence-electron chi connectivity index (χ4n) is 3.23. The summed E-state index contributed by atoms with van der Waals surface area (Å²) in [6.45, 7) is 0.688. The summed E-state index contributed by atoms with van der Waals surface area (Å²) in [4.78, 5) is 25.0. The highest BCUT2D eigenvalue weighted by atomic mass is 32.2. The zero-order valence-electron chi connectivity index (χ0n) is 11.3. The third-order valence-electron chi connectivity index (χ3n) is 4.14. The first kappa shape index (κ1) is 14.5. The SMILES string of the molecule is CSCCCCNC(=O)N1C2CCC1C(C(=O)O)C2. The molecule has 2 fully saturated rings. The molecule has 2 aliphatic heterocycles. The fraction of sp³-hybridized carbons (Fsp3) is 0.846. The Morgan fingerprint density at radius 3 is 2.79 bits per heavy atom. The van der Waals surface area contributed by atoms with Gasteiger partial charge in [-0.15, -0.1) is 0 Å². The van der Waals surface area contributed by atoms with E-state index in [-0.39, 0.29) is 24.0 Å². The summed E-state index contributed by atoms with van der Waals surface area (Å²) >= 11 is 1.81. The maximum atomic E-state index is 12.1. The van der Waals surface area contributed by atoms with E-state index in [1.54, 1.807) is 4.90 Å². The number of nitrogens with one attached hydrogen (secondary N) is 1. The average molecular weight is 286 g/mol. The molecule has 108 valence electrons. The summed E-state index contributed by atoms with van der Waals surface area (Å²) in [5.74, 6) is -0.00249. The molecule has 2 bridgehead atoms. The van der Waals surface area contributed by atoms with Crippen LogP contribution in [-0.2, 0) is 4.79 Å². The summed E-state index contributed by atoms with van der Waals surface area (Å²) in [7, 11) is 0. The highest BCUT2D eigenvalue weighted by Crippen LogP contribution is 2.41. The predicted octanol–water partition coefficient (Wildman–Crippen LogP) is 1.78. The van der Waals surface area contributed by atoms with E-state index in [1.165, 1.54) is 0 Å². The Bertz CT molecular complexity index is 351. The maximum Gasteiger partial charge on any atom is 0.317 e. The molecule has 3 unspecified atom stereocenters. The number of unbranched alkanes of at least 4 members (excludes halogenated alkanes) is 1. The summed E-state index contributed by atoms with van der Waals surface area (Å²) < 4.78 is 0. The van der Waals surface area contributed by atoms with Gasteiger partial charge in [-0.05, 0) is 44.1 Å². The van der Waals surface area contributed by atoms with Crippen molar-refractivity contribution in [3.63, 3.8) is 0 Å². The minimum absolute atomic E-state index is 0.0691. The summed E-state index contributed by atoms with van der Waals surface area (Å²) in [6, 6.07) is -0.0219. The second-order valence-electron chi connectivity index (χ2n) is 5.32. The van der Waals surface area contributed by atoms with Gasteiger partial charge in [-0.1, -0.05) is 0 Å². The fourth-order valence-corrected chi connectivity index (χ4v) is 3.72. The smallest absolute Gasteiger partial charge is 0.317 e. The number of hydrogen-bond acceptors (Lipinski definition) is 3. The van der Waals surface area contributed by atoms with Gasteiger partial charge in [-0.25, -0.2) is 4.79 Å². The van der Waals surface area contributed by atoms with Gasteiger partial charge in [0.1, 0.15) is 0 Å². The molecule has 5 nitrogen and oxygen atoms in total. The zero-order valence-corrected chi connectivity index (χ0v) is 12.1. The molecule has 0 aromatic rings. The third-order valence-corrected chi connectivity index (χ3v) is 4.84. The van der Waals surface area contributed by atoms with Gasteiger partial charge in [0.2, 0.25) is 0 Å². The minimum atomic E-state index is -0.759. The first-order chi connectivity index (χ1) is 9.15. The second kappa shape index (κ2) is 6.50. The second-order valence-corrected chi connectivity index (χ2v) is 6.30.